The largest absolute Gasteiger partial charge is 0.458 e. The van der Waals surface area contributed by atoms with Crippen LogP contribution < -0.4 is 0 Å². The number of hydrogen-bond donors (Lipinski definition) is 6. The maximum Gasteiger partial charge on any atom is 0.315 e. The monoisotopic (exact) mass is 510 g/mol. The molecular weight excluding hydrogens is 476 g/mol. The first kappa shape index (κ1) is 24.7. The van der Waals surface area contributed by atoms with Crippen molar-refractivity contribution >= 4 is 11.9 Å². The molecule has 6 rings (SSSR count). The van der Waals surface area contributed by atoms with E-state index in [2.05, 4.69) is 6.58 Å². The van der Waals surface area contributed by atoms with Gasteiger partial charge >= 0.3 is 11.9 Å². The first-order valence-electron chi connectivity index (χ1n) is 12.7. The molecule has 13 atom stereocenters. The Kier molecular flexibility index (Phi) is 5.15. The molecular formula is C25H34O11. The Morgan fingerprint density at radius 1 is 1.14 bits per heavy atom. The van der Waals surface area contributed by atoms with Crippen LogP contribution in [-0.2, 0) is 23.8 Å². The number of esters is 2. The van der Waals surface area contributed by atoms with Crippen molar-refractivity contribution in [3.63, 3.8) is 0 Å². The molecule has 0 aromatic heterocycles. The predicted molar refractivity (Wildman–Crippen MR) is 117 cm³/mol. The van der Waals surface area contributed by atoms with Gasteiger partial charge in [-0.2, -0.15) is 0 Å². The van der Waals surface area contributed by atoms with E-state index in [-0.39, 0.29) is 12.3 Å². The number of aliphatic hydroxyl groups is 6. The number of rotatable bonds is 3. The van der Waals surface area contributed by atoms with Crippen LogP contribution in [0.15, 0.2) is 12.2 Å². The fraction of sp³-hybridized carbons (Fsp3) is 0.840. The summed E-state index contributed by atoms with van der Waals surface area (Å²) in [5.74, 6) is -3.37. The summed E-state index contributed by atoms with van der Waals surface area (Å²) in [6.45, 7) is 5.03. The van der Waals surface area contributed by atoms with Crippen LogP contribution in [0, 0.1) is 28.6 Å². The van der Waals surface area contributed by atoms with Gasteiger partial charge in [0, 0.05) is 11.8 Å². The minimum absolute atomic E-state index is 0.236. The van der Waals surface area contributed by atoms with Crippen LogP contribution >= 0.6 is 0 Å². The van der Waals surface area contributed by atoms with Crippen LogP contribution in [0.3, 0.4) is 0 Å². The average Bonchev–Trinajstić information content (AvgIpc) is 3.26. The molecule has 4 aliphatic carbocycles. The standard InChI is InChI=1S/C25H34O11/c1-10-7-23-9-24(10,33)5-3-12(23)25-6-4-13(27)22(2,21(32)36-25)18(25)14(23)19(31)35-20-17(30)16(29)15(28)11(8-26)34-20/h11-18,20,26-30,33H,1,3-9H2,2H3. The van der Waals surface area contributed by atoms with Crippen molar-refractivity contribution in [1.29, 1.82) is 0 Å². The lowest BCUT2D eigenvalue weighted by molar-refractivity contribution is -0.295. The summed E-state index contributed by atoms with van der Waals surface area (Å²) in [6.07, 6.45) is -6.88. The highest BCUT2D eigenvalue weighted by molar-refractivity contribution is 5.86. The molecule has 6 aliphatic rings. The molecule has 4 bridgehead atoms. The number of carbonyl (C=O) groups is 2. The van der Waals surface area contributed by atoms with Crippen molar-refractivity contribution in [1.82, 2.24) is 0 Å². The number of hydrogen-bond acceptors (Lipinski definition) is 11. The fourth-order valence-corrected chi connectivity index (χ4v) is 8.98. The Labute approximate surface area is 207 Å². The van der Waals surface area contributed by atoms with Crippen LogP contribution in [-0.4, -0.2) is 97.2 Å². The molecule has 13 unspecified atom stereocenters. The SMILES string of the molecule is C=C1CC23CC1(O)CCC2C12CCC(O)C(C)(C(=O)O1)C2C3C(=O)OC1OC(CO)C(O)C(O)C1O. The molecule has 0 aromatic carbocycles. The maximum absolute atomic E-state index is 14.0. The van der Waals surface area contributed by atoms with E-state index in [1.807, 2.05) is 0 Å². The summed E-state index contributed by atoms with van der Waals surface area (Å²) < 4.78 is 17.2. The minimum atomic E-state index is -1.78. The lowest BCUT2D eigenvalue weighted by atomic mass is 9.59. The van der Waals surface area contributed by atoms with Gasteiger partial charge in [-0.15, -0.1) is 0 Å². The molecule has 11 nitrogen and oxygen atoms in total. The van der Waals surface area contributed by atoms with Gasteiger partial charge in [-0.25, -0.2) is 0 Å². The van der Waals surface area contributed by atoms with Gasteiger partial charge in [-0.3, -0.25) is 9.59 Å². The van der Waals surface area contributed by atoms with E-state index in [9.17, 15) is 40.2 Å². The van der Waals surface area contributed by atoms with Gasteiger partial charge in [0.25, 0.3) is 0 Å². The Bertz CT molecular complexity index is 1010. The summed E-state index contributed by atoms with van der Waals surface area (Å²) in [5, 5.41) is 62.6. The third-order valence-electron chi connectivity index (χ3n) is 10.6. The second-order valence-corrected chi connectivity index (χ2v) is 12.1. The van der Waals surface area contributed by atoms with Crippen molar-refractivity contribution in [3.8, 4) is 0 Å². The van der Waals surface area contributed by atoms with Crippen molar-refractivity contribution in [3.05, 3.63) is 12.2 Å². The molecule has 2 saturated heterocycles. The molecule has 11 heteroatoms. The van der Waals surface area contributed by atoms with Crippen molar-refractivity contribution < 1.29 is 54.4 Å². The lowest BCUT2D eigenvalue weighted by Gasteiger charge is -2.45. The number of fused-ring (bicyclic) bond motifs is 1. The molecule has 6 fully saturated rings. The quantitative estimate of drug-likeness (QED) is 0.192. The van der Waals surface area contributed by atoms with Gasteiger partial charge < -0.3 is 44.8 Å². The molecule has 0 radical (unpaired) electrons. The zero-order chi connectivity index (χ0) is 26.0. The number of aliphatic hydroxyl groups excluding tert-OH is 5. The second-order valence-electron chi connectivity index (χ2n) is 12.1. The average molecular weight is 511 g/mol. The van der Waals surface area contributed by atoms with E-state index in [0.717, 1.165) is 0 Å². The fourth-order valence-electron chi connectivity index (χ4n) is 8.98. The van der Waals surface area contributed by atoms with E-state index in [0.29, 0.717) is 37.7 Å². The van der Waals surface area contributed by atoms with Gasteiger partial charge in [-0.05, 0) is 56.4 Å². The second kappa shape index (κ2) is 7.49. The summed E-state index contributed by atoms with van der Waals surface area (Å²) in [7, 11) is 0. The molecule has 0 amide bonds. The molecule has 2 heterocycles. The van der Waals surface area contributed by atoms with Gasteiger partial charge in [0.1, 0.15) is 30.0 Å². The van der Waals surface area contributed by atoms with Crippen LogP contribution in [0.1, 0.15) is 45.4 Å². The van der Waals surface area contributed by atoms with Crippen molar-refractivity contribution in [2.24, 2.45) is 28.6 Å². The highest BCUT2D eigenvalue weighted by atomic mass is 16.7. The Hall–Kier alpha value is -1.60. The van der Waals surface area contributed by atoms with E-state index >= 15 is 0 Å². The maximum atomic E-state index is 14.0. The third kappa shape index (κ3) is 2.72. The number of carbonyl (C=O) groups excluding carboxylic acids is 2. The lowest BCUT2D eigenvalue weighted by Crippen LogP contribution is -2.60. The first-order valence-corrected chi connectivity index (χ1v) is 12.7. The molecule has 4 saturated carbocycles. The normalized spacial score (nSPS) is 57.2. The van der Waals surface area contributed by atoms with Gasteiger partial charge in [0.2, 0.25) is 6.29 Å². The first-order chi connectivity index (χ1) is 16.9. The number of ether oxygens (including phenoxy) is 3. The topological polar surface area (TPSA) is 183 Å². The molecule has 1 spiro atoms. The summed E-state index contributed by atoms with van der Waals surface area (Å²) in [5.41, 5.74) is -3.77. The molecule has 2 aliphatic heterocycles. The van der Waals surface area contributed by atoms with E-state index in [4.69, 9.17) is 14.2 Å². The third-order valence-corrected chi connectivity index (χ3v) is 10.6. The van der Waals surface area contributed by atoms with E-state index < -0.39 is 89.2 Å². The van der Waals surface area contributed by atoms with Gasteiger partial charge in [-0.1, -0.05) is 6.58 Å². The van der Waals surface area contributed by atoms with Crippen molar-refractivity contribution in [2.75, 3.05) is 6.61 Å². The highest BCUT2D eigenvalue weighted by Crippen LogP contribution is 2.78. The van der Waals surface area contributed by atoms with Crippen molar-refractivity contribution in [2.45, 2.75) is 93.5 Å². The van der Waals surface area contributed by atoms with Gasteiger partial charge in [0.15, 0.2) is 0 Å². The summed E-state index contributed by atoms with van der Waals surface area (Å²) in [6, 6.07) is 0. The Morgan fingerprint density at radius 2 is 1.86 bits per heavy atom. The zero-order valence-electron chi connectivity index (χ0n) is 20.1. The van der Waals surface area contributed by atoms with Crippen LogP contribution in [0.4, 0.5) is 0 Å². The molecule has 36 heavy (non-hydrogen) atoms. The molecule has 200 valence electrons. The summed E-state index contributed by atoms with van der Waals surface area (Å²) >= 11 is 0. The van der Waals surface area contributed by atoms with Crippen LogP contribution in [0.2, 0.25) is 0 Å². The Morgan fingerprint density at radius 3 is 2.56 bits per heavy atom. The smallest absolute Gasteiger partial charge is 0.315 e. The summed E-state index contributed by atoms with van der Waals surface area (Å²) in [4.78, 5) is 27.3. The van der Waals surface area contributed by atoms with Crippen LogP contribution in [0.25, 0.3) is 0 Å². The highest BCUT2D eigenvalue weighted by Gasteiger charge is 2.84. The van der Waals surface area contributed by atoms with Crippen LogP contribution in [0.5, 0.6) is 0 Å². The zero-order valence-corrected chi connectivity index (χ0v) is 20.1. The Balaban J connectivity index is 1.42. The molecule has 0 aromatic rings. The van der Waals surface area contributed by atoms with Gasteiger partial charge in [0.05, 0.1) is 29.6 Å². The predicted octanol–water partition coefficient (Wildman–Crippen LogP) is -1.49. The van der Waals surface area contributed by atoms with E-state index in [1.54, 1.807) is 6.92 Å². The minimum Gasteiger partial charge on any atom is -0.458 e. The van der Waals surface area contributed by atoms with E-state index in [1.165, 1.54) is 0 Å². The molecule has 6 N–H and O–H groups in total.